The second-order valence-electron chi connectivity index (χ2n) is 25.0. The molecule has 0 radical (unpaired) electrons. The number of allylic oxidation sites excluding steroid dienone is 4. The number of benzene rings is 13. The minimum absolute atomic E-state index is 0.829. The molecule has 0 saturated carbocycles. The van der Waals surface area contributed by atoms with Crippen LogP contribution in [0.25, 0.3) is 71.9 Å². The van der Waals surface area contributed by atoms with Crippen molar-refractivity contribution in [1.82, 2.24) is 0 Å². The molecule has 102 heavy (non-hydrogen) atoms. The zero-order valence-electron chi connectivity index (χ0n) is 58.0. The molecule has 0 amide bonds. The van der Waals surface area contributed by atoms with E-state index < -0.39 is 0 Å². The molecule has 0 atom stereocenters. The lowest BCUT2D eigenvalue weighted by atomic mass is 9.97. The second kappa shape index (κ2) is 33.5. The van der Waals surface area contributed by atoms with Crippen LogP contribution in [-0.2, 0) is 0 Å². The number of nitrogens with zero attached hydrogens (tertiary/aromatic N) is 2. The van der Waals surface area contributed by atoms with E-state index in [1.54, 1.807) is 14.2 Å². The summed E-state index contributed by atoms with van der Waals surface area (Å²) in [7, 11) is 3.42. The van der Waals surface area contributed by atoms with Crippen molar-refractivity contribution in [2.45, 2.75) is 13.8 Å². The van der Waals surface area contributed by atoms with Gasteiger partial charge < -0.3 is 19.3 Å². The Balaban J connectivity index is 0.639. The minimum atomic E-state index is 0.829. The van der Waals surface area contributed by atoms with Gasteiger partial charge in [-0.2, -0.15) is 0 Å². The van der Waals surface area contributed by atoms with Gasteiger partial charge in [0, 0.05) is 34.1 Å². The first-order valence-electron chi connectivity index (χ1n) is 34.6. The second-order valence-corrected chi connectivity index (χ2v) is 25.0. The molecule has 0 fully saturated rings. The van der Waals surface area contributed by atoms with Crippen LogP contribution >= 0.6 is 0 Å². The highest BCUT2D eigenvalue weighted by Gasteiger charge is 2.18. The Labute approximate surface area is 602 Å². The average molecular weight is 1320 g/mol. The van der Waals surface area contributed by atoms with Crippen molar-refractivity contribution in [2.75, 3.05) is 24.0 Å². The van der Waals surface area contributed by atoms with E-state index in [9.17, 15) is 0 Å². The van der Waals surface area contributed by atoms with Crippen LogP contribution in [0, 0.1) is 13.8 Å². The van der Waals surface area contributed by atoms with Crippen molar-refractivity contribution in [3.8, 4) is 11.5 Å². The van der Waals surface area contributed by atoms with E-state index in [1.807, 2.05) is 12.1 Å². The maximum absolute atomic E-state index is 5.62. The number of aryl methyl sites for hydroxylation is 2. The van der Waals surface area contributed by atoms with Gasteiger partial charge in [0.05, 0.1) is 14.2 Å². The first kappa shape index (κ1) is 67.5. The molecule has 13 aromatic carbocycles. The van der Waals surface area contributed by atoms with Crippen LogP contribution in [0.3, 0.4) is 0 Å². The van der Waals surface area contributed by atoms with Gasteiger partial charge in [-0.25, -0.2) is 0 Å². The first-order valence-corrected chi connectivity index (χ1v) is 34.6. The largest absolute Gasteiger partial charge is 0.497 e. The van der Waals surface area contributed by atoms with E-state index in [1.165, 1.54) is 33.4 Å². The van der Waals surface area contributed by atoms with Crippen LogP contribution in [0.1, 0.15) is 89.0 Å². The van der Waals surface area contributed by atoms with E-state index in [0.29, 0.717) is 0 Å². The molecular formula is C98H80N2O2. The molecule has 0 aliphatic rings. The molecule has 0 aromatic heterocycles. The topological polar surface area (TPSA) is 24.9 Å². The van der Waals surface area contributed by atoms with Crippen LogP contribution in [0.4, 0.5) is 34.1 Å². The van der Waals surface area contributed by atoms with E-state index in [2.05, 4.69) is 424 Å². The Bertz CT molecular complexity index is 4730. The summed E-state index contributed by atoms with van der Waals surface area (Å²) in [4.78, 5) is 4.62. The Morgan fingerprint density at radius 1 is 0.235 bits per heavy atom. The van der Waals surface area contributed by atoms with Gasteiger partial charge >= 0.3 is 0 Å². The van der Waals surface area contributed by atoms with Crippen LogP contribution in [-0.4, -0.2) is 14.2 Å². The summed E-state index contributed by atoms with van der Waals surface area (Å²) in [5.74, 6) is 1.66. The van der Waals surface area contributed by atoms with Crippen molar-refractivity contribution in [3.63, 3.8) is 0 Å². The summed E-state index contributed by atoms with van der Waals surface area (Å²) in [6.45, 7) is 4.27. The number of methoxy groups -OCH3 is 2. The van der Waals surface area contributed by atoms with Gasteiger partial charge in [-0.05, 0) is 199 Å². The third kappa shape index (κ3) is 17.6. The molecule has 0 heterocycles. The standard InChI is InChI=1S/C98H80N2O2/c1-73-71-93(101-3)67-69-97(73)99(89-59-51-81(52-60-89)47-43-77-35-31-75(32-36-77)19-17-29-95(85-21-9-5-10-22-85)86-23-11-6-12-24-86)91-63-55-83(56-64-91)49-45-79-39-41-80(42-40-79)46-50-84-57-65-92(66-58-84)100(98-70-68-94(102-4)72-74(98)2)90-61-53-82(54-62-90)48-44-78-37-33-76(34-38-78)20-18-30-96(87-25-13-7-14-26-87)88-27-15-8-16-28-88/h5-72H,1-4H3. The summed E-state index contributed by atoms with van der Waals surface area (Å²) < 4.78 is 11.2. The fourth-order valence-corrected chi connectivity index (χ4v) is 12.4. The van der Waals surface area contributed by atoms with Crippen molar-refractivity contribution in [2.24, 2.45) is 0 Å². The van der Waals surface area contributed by atoms with Gasteiger partial charge in [-0.3, -0.25) is 0 Å². The maximum Gasteiger partial charge on any atom is 0.119 e. The SMILES string of the molecule is COc1ccc(N(c2ccc(C=Cc3ccc(C=CC=C(c4ccccc4)c4ccccc4)cc3)cc2)c2ccc(C=Cc3ccc(C=Cc4ccc(N(c5ccc(C=Cc6ccc(C=CC=C(c7ccccc7)c7ccccc7)cc6)cc5)c5ccc(OC)cc5C)cc4)cc3)cc2)c(C)c1. The molecule has 0 spiro atoms. The summed E-state index contributed by atoms with van der Waals surface area (Å²) in [5.41, 5.74) is 27.0. The molecule has 4 heteroatoms. The van der Waals surface area contributed by atoms with Crippen LogP contribution < -0.4 is 19.3 Å². The minimum Gasteiger partial charge on any atom is -0.497 e. The normalized spacial score (nSPS) is 11.5. The van der Waals surface area contributed by atoms with Gasteiger partial charge in [0.2, 0.25) is 0 Å². The molecule has 4 nitrogen and oxygen atoms in total. The predicted molar refractivity (Wildman–Crippen MR) is 438 cm³/mol. The van der Waals surface area contributed by atoms with E-state index in [4.69, 9.17) is 9.47 Å². The number of anilines is 6. The number of rotatable bonds is 24. The van der Waals surface area contributed by atoms with E-state index in [-0.39, 0.29) is 0 Å². The third-order valence-electron chi connectivity index (χ3n) is 18.0. The molecule has 0 bridgehead atoms. The molecule has 0 aliphatic heterocycles. The highest BCUT2D eigenvalue weighted by atomic mass is 16.5. The van der Waals surface area contributed by atoms with E-state index >= 15 is 0 Å². The monoisotopic (exact) mass is 1320 g/mol. The lowest BCUT2D eigenvalue weighted by Crippen LogP contribution is -2.11. The van der Waals surface area contributed by atoms with Gasteiger partial charge in [-0.15, -0.1) is 0 Å². The molecule has 13 aromatic rings. The number of ether oxygens (including phenoxy) is 2. The highest BCUT2D eigenvalue weighted by molar-refractivity contribution is 5.86. The zero-order chi connectivity index (χ0) is 69.7. The molecule has 0 aliphatic carbocycles. The van der Waals surface area contributed by atoms with Crippen LogP contribution in [0.2, 0.25) is 0 Å². The van der Waals surface area contributed by atoms with Crippen LogP contribution in [0.5, 0.6) is 11.5 Å². The Hall–Kier alpha value is -13.0. The van der Waals surface area contributed by atoms with Crippen molar-refractivity contribution >= 4 is 106 Å². The van der Waals surface area contributed by atoms with Gasteiger partial charge in [-0.1, -0.05) is 328 Å². The lowest BCUT2D eigenvalue weighted by molar-refractivity contribution is 0.414. The maximum atomic E-state index is 5.62. The smallest absolute Gasteiger partial charge is 0.119 e. The van der Waals surface area contributed by atoms with Crippen LogP contribution in [0.15, 0.2) is 352 Å². The van der Waals surface area contributed by atoms with Crippen molar-refractivity contribution in [3.05, 3.63) is 441 Å². The zero-order valence-corrected chi connectivity index (χ0v) is 58.0. The average Bonchev–Trinajstić information content (AvgIpc) is 0.798. The Kier molecular flexibility index (Phi) is 22.2. The summed E-state index contributed by atoms with van der Waals surface area (Å²) in [6.07, 6.45) is 30.4. The lowest BCUT2D eigenvalue weighted by Gasteiger charge is -2.27. The molecule has 494 valence electrons. The Morgan fingerprint density at radius 3 is 0.647 bits per heavy atom. The fraction of sp³-hybridized carbons (Fsp3) is 0.0408. The molecular weight excluding hydrogens is 1240 g/mol. The first-order chi connectivity index (χ1) is 50.2. The van der Waals surface area contributed by atoms with Gasteiger partial charge in [0.15, 0.2) is 0 Å². The highest BCUT2D eigenvalue weighted by Crippen LogP contribution is 2.41. The number of hydrogen-bond acceptors (Lipinski definition) is 4. The molecule has 13 rings (SSSR count). The summed E-state index contributed by atoms with van der Waals surface area (Å²) in [6, 6.07) is 116. The summed E-state index contributed by atoms with van der Waals surface area (Å²) >= 11 is 0. The van der Waals surface area contributed by atoms with Crippen molar-refractivity contribution in [1.29, 1.82) is 0 Å². The molecule has 0 N–H and O–H groups in total. The molecule has 0 unspecified atom stereocenters. The fourth-order valence-electron chi connectivity index (χ4n) is 12.4. The van der Waals surface area contributed by atoms with Crippen molar-refractivity contribution < 1.29 is 9.47 Å². The quantitative estimate of drug-likeness (QED) is 0.0445. The summed E-state index contributed by atoms with van der Waals surface area (Å²) in [5, 5.41) is 0. The van der Waals surface area contributed by atoms with E-state index in [0.717, 1.165) is 112 Å². The third-order valence-corrected chi connectivity index (χ3v) is 18.0. The van der Waals surface area contributed by atoms with Gasteiger partial charge in [0.25, 0.3) is 0 Å². The van der Waals surface area contributed by atoms with Gasteiger partial charge in [0.1, 0.15) is 11.5 Å². The Morgan fingerprint density at radius 2 is 0.441 bits per heavy atom. The predicted octanol–water partition coefficient (Wildman–Crippen LogP) is 26.2. The number of hydrogen-bond donors (Lipinski definition) is 0. The molecule has 0 saturated heterocycles.